The van der Waals surface area contributed by atoms with Gasteiger partial charge in [-0.05, 0) is 84.5 Å². The van der Waals surface area contributed by atoms with Crippen molar-refractivity contribution >= 4 is 67.5 Å². The van der Waals surface area contributed by atoms with Crippen molar-refractivity contribution in [3.8, 4) is 0 Å². The molecule has 140 valence electrons. The second kappa shape index (κ2) is 7.92. The highest BCUT2D eigenvalue weighted by Crippen LogP contribution is 2.34. The van der Waals surface area contributed by atoms with Crippen LogP contribution in [0.1, 0.15) is 28.8 Å². The van der Waals surface area contributed by atoms with Crippen LogP contribution in [-0.4, -0.2) is 21.6 Å². The topological polar surface area (TPSA) is 74.8 Å². The third kappa shape index (κ3) is 4.07. The zero-order valence-corrected chi connectivity index (χ0v) is 18.5. The van der Waals surface area contributed by atoms with Crippen LogP contribution in [0.15, 0.2) is 28.2 Å². The van der Waals surface area contributed by atoms with Gasteiger partial charge in [-0.15, -0.1) is 11.3 Å². The molecule has 0 fully saturated rings. The maximum Gasteiger partial charge on any atom is 0.260 e. The van der Waals surface area contributed by atoms with E-state index in [9.17, 15) is 9.59 Å². The van der Waals surface area contributed by atoms with E-state index in [4.69, 9.17) is 0 Å². The van der Waals surface area contributed by atoms with Gasteiger partial charge in [-0.3, -0.25) is 9.59 Å². The monoisotopic (exact) mass is 511 g/mol. The summed E-state index contributed by atoms with van der Waals surface area (Å²) < 4.78 is 1.13. The maximum atomic E-state index is 12.5. The van der Waals surface area contributed by atoms with Gasteiger partial charge in [-0.25, -0.2) is 4.98 Å². The van der Waals surface area contributed by atoms with Gasteiger partial charge in [0.1, 0.15) is 4.83 Å². The molecule has 2 aromatic heterocycles. The van der Waals surface area contributed by atoms with Crippen LogP contribution in [0.3, 0.4) is 0 Å². The Morgan fingerprint density at radius 1 is 1.37 bits per heavy atom. The van der Waals surface area contributed by atoms with Gasteiger partial charge in [0.25, 0.3) is 5.56 Å². The summed E-state index contributed by atoms with van der Waals surface area (Å²) in [6.45, 7) is 1.97. The molecule has 1 aliphatic rings. The second-order valence-corrected chi connectivity index (χ2v) is 9.85. The number of amides is 1. The lowest BCUT2D eigenvalue weighted by Crippen LogP contribution is -2.16. The van der Waals surface area contributed by atoms with E-state index >= 15 is 0 Å². The lowest BCUT2D eigenvalue weighted by atomic mass is 9.97. The van der Waals surface area contributed by atoms with Gasteiger partial charge in [0, 0.05) is 14.1 Å². The standard InChI is InChI=1S/C19H18IN3O2S2/c1-10-8-11(20)6-7-13(10)21-15(24)9-26-19-22-17(25)16-12-4-2-3-5-14(12)27-18(16)23-19/h6-8H,2-5,9H2,1H3,(H,21,24)(H,22,23,25). The number of H-pyrrole nitrogens is 1. The Hall–Kier alpha value is -1.39. The van der Waals surface area contributed by atoms with Crippen molar-refractivity contribution in [1.82, 2.24) is 9.97 Å². The molecule has 2 N–H and O–H groups in total. The number of aryl methyl sites for hydroxylation is 3. The Kier molecular flexibility index (Phi) is 5.56. The number of aromatic nitrogens is 2. The molecule has 27 heavy (non-hydrogen) atoms. The Labute approximate surface area is 178 Å². The van der Waals surface area contributed by atoms with E-state index in [1.165, 1.54) is 28.6 Å². The molecule has 0 radical (unpaired) electrons. The van der Waals surface area contributed by atoms with E-state index in [0.717, 1.165) is 44.3 Å². The Morgan fingerprint density at radius 2 is 2.19 bits per heavy atom. The van der Waals surface area contributed by atoms with Gasteiger partial charge in [0.05, 0.1) is 11.1 Å². The van der Waals surface area contributed by atoms with Crippen LogP contribution in [0, 0.1) is 10.5 Å². The predicted molar refractivity (Wildman–Crippen MR) is 120 cm³/mol. The molecule has 2 heterocycles. The molecule has 0 atom stereocenters. The van der Waals surface area contributed by atoms with Gasteiger partial charge in [0.15, 0.2) is 5.16 Å². The number of benzene rings is 1. The summed E-state index contributed by atoms with van der Waals surface area (Å²) in [6, 6.07) is 5.89. The molecule has 5 nitrogen and oxygen atoms in total. The molecule has 0 saturated heterocycles. The molecule has 0 aliphatic heterocycles. The van der Waals surface area contributed by atoms with E-state index in [0.29, 0.717) is 5.16 Å². The first-order chi connectivity index (χ1) is 13.0. The number of thiophene rings is 1. The Morgan fingerprint density at radius 3 is 3.00 bits per heavy atom. The predicted octanol–water partition coefficient (Wildman–Crippen LogP) is 4.51. The van der Waals surface area contributed by atoms with Gasteiger partial charge >= 0.3 is 0 Å². The van der Waals surface area contributed by atoms with Crippen LogP contribution in [0.2, 0.25) is 0 Å². The number of carbonyl (C=O) groups is 1. The van der Waals surface area contributed by atoms with Gasteiger partial charge in [-0.2, -0.15) is 0 Å². The smallest absolute Gasteiger partial charge is 0.260 e. The van der Waals surface area contributed by atoms with Crippen molar-refractivity contribution < 1.29 is 4.79 Å². The molecule has 0 spiro atoms. The SMILES string of the molecule is Cc1cc(I)ccc1NC(=O)CSc1nc2sc3c(c2c(=O)[nH]1)CCCC3. The minimum atomic E-state index is -0.113. The number of rotatable bonds is 4. The van der Waals surface area contributed by atoms with Crippen LogP contribution in [-0.2, 0) is 17.6 Å². The molecule has 4 rings (SSSR count). The Balaban J connectivity index is 1.48. The van der Waals surface area contributed by atoms with E-state index in [1.807, 2.05) is 25.1 Å². The summed E-state index contributed by atoms with van der Waals surface area (Å²) in [5, 5.41) is 4.17. The zero-order valence-electron chi connectivity index (χ0n) is 14.7. The number of fused-ring (bicyclic) bond motifs is 3. The third-order valence-corrected chi connectivity index (χ3v) is 7.34. The number of aromatic amines is 1. The van der Waals surface area contributed by atoms with Crippen LogP contribution in [0.5, 0.6) is 0 Å². The molecule has 8 heteroatoms. The molecule has 3 aromatic rings. The van der Waals surface area contributed by atoms with Gasteiger partial charge in [0.2, 0.25) is 5.91 Å². The molecular weight excluding hydrogens is 493 g/mol. The third-order valence-electron chi connectivity index (χ3n) is 4.61. The number of anilines is 1. The largest absolute Gasteiger partial charge is 0.325 e. The van der Waals surface area contributed by atoms with E-state index < -0.39 is 0 Å². The second-order valence-electron chi connectivity index (χ2n) is 6.56. The molecule has 1 aliphatic carbocycles. The maximum absolute atomic E-state index is 12.5. The van der Waals surface area contributed by atoms with Crippen molar-refractivity contribution in [2.24, 2.45) is 0 Å². The van der Waals surface area contributed by atoms with Crippen molar-refractivity contribution in [1.29, 1.82) is 0 Å². The van der Waals surface area contributed by atoms with Gasteiger partial charge < -0.3 is 10.3 Å². The van der Waals surface area contributed by atoms with E-state index in [-0.39, 0.29) is 17.2 Å². The van der Waals surface area contributed by atoms with Crippen molar-refractivity contribution in [3.63, 3.8) is 0 Å². The van der Waals surface area contributed by atoms with E-state index in [2.05, 4.69) is 37.9 Å². The zero-order chi connectivity index (χ0) is 19.0. The van der Waals surface area contributed by atoms with Crippen LogP contribution >= 0.6 is 45.7 Å². The fourth-order valence-electron chi connectivity index (χ4n) is 3.30. The summed E-state index contributed by atoms with van der Waals surface area (Å²) in [7, 11) is 0. The minimum Gasteiger partial charge on any atom is -0.325 e. The van der Waals surface area contributed by atoms with Crippen molar-refractivity contribution in [3.05, 3.63) is 48.1 Å². The minimum absolute atomic E-state index is 0.0872. The number of nitrogens with zero attached hydrogens (tertiary/aromatic N) is 1. The highest BCUT2D eigenvalue weighted by Gasteiger charge is 2.20. The Bertz CT molecular complexity index is 1090. The first-order valence-corrected chi connectivity index (χ1v) is 11.6. The normalized spacial score (nSPS) is 13.6. The fraction of sp³-hybridized carbons (Fsp3) is 0.316. The fourth-order valence-corrected chi connectivity index (χ4v) is 5.93. The molecule has 0 bridgehead atoms. The molecule has 0 saturated carbocycles. The summed E-state index contributed by atoms with van der Waals surface area (Å²) in [4.78, 5) is 34.3. The first-order valence-electron chi connectivity index (χ1n) is 8.74. The van der Waals surface area contributed by atoms with Crippen LogP contribution < -0.4 is 10.9 Å². The number of halogens is 1. The van der Waals surface area contributed by atoms with Crippen molar-refractivity contribution in [2.45, 2.75) is 37.8 Å². The summed E-state index contributed by atoms with van der Waals surface area (Å²) >= 11 is 5.13. The summed E-state index contributed by atoms with van der Waals surface area (Å²) in [6.07, 6.45) is 4.31. The quantitative estimate of drug-likeness (QED) is 0.307. The number of hydrogen-bond donors (Lipinski definition) is 2. The van der Waals surface area contributed by atoms with E-state index in [1.54, 1.807) is 11.3 Å². The highest BCUT2D eigenvalue weighted by molar-refractivity contribution is 14.1. The molecular formula is C19H18IN3O2S2. The number of nitrogens with one attached hydrogen (secondary N) is 2. The number of thioether (sulfide) groups is 1. The molecule has 0 unspecified atom stereocenters. The van der Waals surface area contributed by atoms with Crippen molar-refractivity contribution in [2.75, 3.05) is 11.1 Å². The average Bonchev–Trinajstić information content (AvgIpc) is 3.01. The summed E-state index contributed by atoms with van der Waals surface area (Å²) in [5.41, 5.74) is 2.93. The van der Waals surface area contributed by atoms with Crippen LogP contribution in [0.25, 0.3) is 10.2 Å². The molecule has 1 aromatic carbocycles. The van der Waals surface area contributed by atoms with Crippen LogP contribution in [0.4, 0.5) is 5.69 Å². The van der Waals surface area contributed by atoms with Gasteiger partial charge in [-0.1, -0.05) is 11.8 Å². The highest BCUT2D eigenvalue weighted by atomic mass is 127. The first kappa shape index (κ1) is 18.9. The molecule has 1 amide bonds. The average molecular weight is 511 g/mol. The number of carbonyl (C=O) groups excluding carboxylic acids is 1. The lowest BCUT2D eigenvalue weighted by molar-refractivity contribution is -0.113. The summed E-state index contributed by atoms with van der Waals surface area (Å²) in [5.74, 6) is 0.0860. The number of hydrogen-bond acceptors (Lipinski definition) is 5. The lowest BCUT2D eigenvalue weighted by Gasteiger charge is -2.09.